The molecule has 1 amide bonds. The smallest absolute Gasteiger partial charge is 0.406 e. The number of hydrogen-bond donors (Lipinski definition) is 1. The molecule has 2 saturated carbocycles. The van der Waals surface area contributed by atoms with Gasteiger partial charge in [-0.25, -0.2) is 4.39 Å². The lowest BCUT2D eigenvalue weighted by molar-refractivity contribution is -0.274. The van der Waals surface area contributed by atoms with Crippen molar-refractivity contribution in [2.75, 3.05) is 0 Å². The summed E-state index contributed by atoms with van der Waals surface area (Å²) in [5, 5.41) is 3.01. The van der Waals surface area contributed by atoms with Crippen molar-refractivity contribution in [2.45, 2.75) is 94.8 Å². The van der Waals surface area contributed by atoms with Gasteiger partial charge in [-0.05, 0) is 50.5 Å². The van der Waals surface area contributed by atoms with Crippen LogP contribution in [0.1, 0.15) is 50.7 Å². The second-order valence-electron chi connectivity index (χ2n) is 10.7. The van der Waals surface area contributed by atoms with E-state index < -0.39 is 41.9 Å². The zero-order valence-corrected chi connectivity index (χ0v) is 21.6. The van der Waals surface area contributed by atoms with Crippen molar-refractivity contribution in [2.24, 2.45) is 0 Å². The summed E-state index contributed by atoms with van der Waals surface area (Å²) in [6, 6.07) is 11.7. The molecule has 1 aliphatic heterocycles. The molecule has 3 fully saturated rings. The van der Waals surface area contributed by atoms with Crippen LogP contribution in [0.2, 0.25) is 0 Å². The highest BCUT2D eigenvalue weighted by Gasteiger charge is 2.58. The summed E-state index contributed by atoms with van der Waals surface area (Å²) in [4.78, 5) is 13.6. The Bertz CT molecular complexity index is 1190. The summed E-state index contributed by atoms with van der Waals surface area (Å²) in [5.74, 6) is -2.09. The maximum absolute atomic E-state index is 14.4. The van der Waals surface area contributed by atoms with Gasteiger partial charge in [-0.3, -0.25) is 4.79 Å². The minimum atomic E-state index is -4.82. The fourth-order valence-corrected chi connectivity index (χ4v) is 5.12. The van der Waals surface area contributed by atoms with Gasteiger partial charge in [0, 0.05) is 24.4 Å². The number of hydrogen-bond acceptors (Lipinski definition) is 6. The minimum absolute atomic E-state index is 0.0529. The summed E-state index contributed by atoms with van der Waals surface area (Å²) in [5.41, 5.74) is -0.653. The Kier molecular flexibility index (Phi) is 7.62. The Morgan fingerprint density at radius 3 is 2.54 bits per heavy atom. The standard InChI is InChI=1S/C28H31F4NO6/c1-26(2)38-23-14-27(25(34)33-19-10-11-19,36-16-18-7-3-4-9-21(18)29)13-22(24(23)39-26)35-15-17-6-5-8-20(12-17)37-28(30,31)32/h3-9,12,19,22-24H,10-11,13-16H2,1-2H3,(H,33,34)/t22?,23-,24+,27-/m1/s1. The third-order valence-corrected chi connectivity index (χ3v) is 7.03. The number of carbonyl (C=O) groups is 1. The van der Waals surface area contributed by atoms with Gasteiger partial charge in [0.05, 0.1) is 25.4 Å². The van der Waals surface area contributed by atoms with Gasteiger partial charge in [0.25, 0.3) is 5.91 Å². The van der Waals surface area contributed by atoms with E-state index in [0.29, 0.717) is 11.1 Å². The lowest BCUT2D eigenvalue weighted by Crippen LogP contribution is -2.60. The van der Waals surface area contributed by atoms with Gasteiger partial charge in [-0.15, -0.1) is 13.2 Å². The minimum Gasteiger partial charge on any atom is -0.406 e. The molecule has 7 nitrogen and oxygen atoms in total. The second kappa shape index (κ2) is 10.7. The molecule has 1 unspecified atom stereocenters. The monoisotopic (exact) mass is 553 g/mol. The zero-order valence-electron chi connectivity index (χ0n) is 21.6. The van der Waals surface area contributed by atoms with E-state index in [1.165, 1.54) is 24.3 Å². The predicted molar refractivity (Wildman–Crippen MR) is 130 cm³/mol. The summed E-state index contributed by atoms with van der Waals surface area (Å²) in [7, 11) is 0. The zero-order chi connectivity index (χ0) is 27.8. The van der Waals surface area contributed by atoms with Crippen LogP contribution in [0, 0.1) is 5.82 Å². The van der Waals surface area contributed by atoms with Gasteiger partial charge in [0.1, 0.15) is 17.7 Å². The fourth-order valence-electron chi connectivity index (χ4n) is 5.12. The van der Waals surface area contributed by atoms with Crippen molar-refractivity contribution in [1.82, 2.24) is 5.32 Å². The first-order valence-corrected chi connectivity index (χ1v) is 12.9. The molecule has 2 aliphatic carbocycles. The van der Waals surface area contributed by atoms with Crippen LogP contribution in [-0.2, 0) is 37.0 Å². The molecule has 4 atom stereocenters. The molecule has 11 heteroatoms. The first-order chi connectivity index (χ1) is 18.4. The summed E-state index contributed by atoms with van der Waals surface area (Å²) in [6.07, 6.45) is -4.65. The molecule has 39 heavy (non-hydrogen) atoms. The number of benzene rings is 2. The summed E-state index contributed by atoms with van der Waals surface area (Å²) < 4.78 is 81.2. The summed E-state index contributed by atoms with van der Waals surface area (Å²) >= 11 is 0. The van der Waals surface area contributed by atoms with Gasteiger partial charge < -0.3 is 29.0 Å². The van der Waals surface area contributed by atoms with Crippen LogP contribution >= 0.6 is 0 Å². The van der Waals surface area contributed by atoms with Crippen molar-refractivity contribution in [1.29, 1.82) is 0 Å². The average Bonchev–Trinajstić information content (AvgIpc) is 3.61. The molecular weight excluding hydrogens is 522 g/mol. The second-order valence-corrected chi connectivity index (χ2v) is 10.7. The quantitative estimate of drug-likeness (QED) is 0.433. The van der Waals surface area contributed by atoms with E-state index in [2.05, 4.69) is 10.1 Å². The Morgan fingerprint density at radius 2 is 1.82 bits per heavy atom. The van der Waals surface area contributed by atoms with Gasteiger partial charge >= 0.3 is 6.36 Å². The number of alkyl halides is 3. The van der Waals surface area contributed by atoms with Gasteiger partial charge in [0.2, 0.25) is 0 Å². The van der Waals surface area contributed by atoms with Crippen LogP contribution in [0.15, 0.2) is 48.5 Å². The van der Waals surface area contributed by atoms with Gasteiger partial charge in [0.15, 0.2) is 11.4 Å². The molecule has 2 aromatic rings. The van der Waals surface area contributed by atoms with Crippen LogP contribution < -0.4 is 10.1 Å². The van der Waals surface area contributed by atoms with Crippen LogP contribution in [-0.4, -0.2) is 48.0 Å². The Hall–Kier alpha value is -2.73. The molecule has 0 spiro atoms. The van der Waals surface area contributed by atoms with E-state index in [9.17, 15) is 22.4 Å². The SMILES string of the molecule is CC1(C)O[C@@H]2C[C@@](OCc3ccccc3F)(C(=O)NC3CC3)CC(OCc3cccc(OC(F)(F)F)c3)[C@@H]2O1. The van der Waals surface area contributed by atoms with E-state index >= 15 is 0 Å². The predicted octanol–water partition coefficient (Wildman–Crippen LogP) is 5.16. The van der Waals surface area contributed by atoms with Gasteiger partial charge in [-0.1, -0.05) is 30.3 Å². The van der Waals surface area contributed by atoms with E-state index in [-0.39, 0.29) is 43.8 Å². The molecule has 0 bridgehead atoms. The van der Waals surface area contributed by atoms with Crippen LogP contribution in [0.5, 0.6) is 5.75 Å². The van der Waals surface area contributed by atoms with Crippen LogP contribution in [0.25, 0.3) is 0 Å². The molecule has 5 rings (SSSR count). The summed E-state index contributed by atoms with van der Waals surface area (Å²) in [6.45, 7) is 3.30. The highest BCUT2D eigenvalue weighted by molar-refractivity contribution is 5.86. The molecule has 0 aromatic heterocycles. The lowest BCUT2D eigenvalue weighted by atomic mass is 9.78. The first kappa shape index (κ1) is 27.8. The molecule has 1 N–H and O–H groups in total. The van der Waals surface area contributed by atoms with Gasteiger partial charge in [-0.2, -0.15) is 0 Å². The number of nitrogens with one attached hydrogen (secondary N) is 1. The first-order valence-electron chi connectivity index (χ1n) is 12.9. The van der Waals surface area contributed by atoms with E-state index in [4.69, 9.17) is 18.9 Å². The van der Waals surface area contributed by atoms with Crippen molar-refractivity contribution in [3.8, 4) is 5.75 Å². The number of ether oxygens (including phenoxy) is 5. The Balaban J connectivity index is 1.38. The number of amides is 1. The number of rotatable bonds is 9. The Labute approximate surface area is 223 Å². The van der Waals surface area contributed by atoms with Crippen molar-refractivity contribution in [3.63, 3.8) is 0 Å². The number of fused-ring (bicyclic) bond motifs is 1. The molecule has 2 aromatic carbocycles. The topological polar surface area (TPSA) is 75.3 Å². The normalized spacial score (nSPS) is 28.1. The van der Waals surface area contributed by atoms with E-state index in [1.807, 2.05) is 0 Å². The third-order valence-electron chi connectivity index (χ3n) is 7.03. The van der Waals surface area contributed by atoms with Crippen molar-refractivity contribution < 1.29 is 46.0 Å². The molecular formula is C28H31F4NO6. The highest BCUT2D eigenvalue weighted by atomic mass is 19.4. The third kappa shape index (κ3) is 6.89. The average molecular weight is 554 g/mol. The lowest BCUT2D eigenvalue weighted by Gasteiger charge is -2.43. The number of halogens is 4. The maximum atomic E-state index is 14.4. The number of carbonyl (C=O) groups excluding carboxylic acids is 1. The maximum Gasteiger partial charge on any atom is 0.573 e. The van der Waals surface area contributed by atoms with Crippen molar-refractivity contribution in [3.05, 3.63) is 65.5 Å². The van der Waals surface area contributed by atoms with E-state index in [1.54, 1.807) is 38.1 Å². The fraction of sp³-hybridized carbons (Fsp3) is 0.536. The molecule has 1 saturated heterocycles. The van der Waals surface area contributed by atoms with Crippen molar-refractivity contribution >= 4 is 5.91 Å². The largest absolute Gasteiger partial charge is 0.573 e. The highest BCUT2D eigenvalue weighted by Crippen LogP contribution is 2.44. The molecule has 212 valence electrons. The molecule has 0 radical (unpaired) electrons. The Morgan fingerprint density at radius 1 is 1.05 bits per heavy atom. The van der Waals surface area contributed by atoms with Crippen LogP contribution in [0.4, 0.5) is 17.6 Å². The molecule has 1 heterocycles. The van der Waals surface area contributed by atoms with Crippen LogP contribution in [0.3, 0.4) is 0 Å². The van der Waals surface area contributed by atoms with E-state index in [0.717, 1.165) is 12.8 Å². The molecule has 3 aliphatic rings.